The first kappa shape index (κ1) is 17.9. The van der Waals surface area contributed by atoms with Gasteiger partial charge in [-0.1, -0.05) is 0 Å². The number of hydrogen-bond donors (Lipinski definition) is 2. The maximum Gasteiger partial charge on any atom is 0.240 e. The zero-order valence-electron chi connectivity index (χ0n) is 12.8. The van der Waals surface area contributed by atoms with Crippen molar-refractivity contribution in [2.45, 2.75) is 24.3 Å². The topological polar surface area (TPSA) is 76.7 Å². The van der Waals surface area contributed by atoms with E-state index in [0.717, 1.165) is 13.0 Å². The molecule has 0 amide bonds. The van der Waals surface area contributed by atoms with Crippen molar-refractivity contribution in [1.82, 2.24) is 10.0 Å². The lowest BCUT2D eigenvalue weighted by Crippen LogP contribution is -2.31. The van der Waals surface area contributed by atoms with Gasteiger partial charge in [-0.25, -0.2) is 13.1 Å². The zero-order valence-corrected chi connectivity index (χ0v) is 13.6. The molecule has 1 unspecified atom stereocenters. The lowest BCUT2D eigenvalue weighted by Gasteiger charge is -2.12. The van der Waals surface area contributed by atoms with E-state index in [1.807, 2.05) is 7.05 Å². The summed E-state index contributed by atoms with van der Waals surface area (Å²) in [5, 5.41) is 3.03. The average molecular weight is 316 g/mol. The second-order valence-corrected chi connectivity index (χ2v) is 6.44. The van der Waals surface area contributed by atoms with Gasteiger partial charge in [0, 0.05) is 13.7 Å². The van der Waals surface area contributed by atoms with Crippen LogP contribution in [0, 0.1) is 0 Å². The third-order valence-corrected chi connectivity index (χ3v) is 4.38. The number of rotatable bonds is 10. The van der Waals surface area contributed by atoms with Gasteiger partial charge in [0.05, 0.1) is 17.6 Å². The van der Waals surface area contributed by atoms with Crippen molar-refractivity contribution in [3.05, 3.63) is 24.3 Å². The van der Waals surface area contributed by atoms with Gasteiger partial charge in [-0.05, 0) is 51.2 Å². The van der Waals surface area contributed by atoms with Crippen LogP contribution in [0.1, 0.15) is 13.3 Å². The molecule has 2 N–H and O–H groups in total. The summed E-state index contributed by atoms with van der Waals surface area (Å²) in [6.07, 6.45) is 0.724. The molecule has 21 heavy (non-hydrogen) atoms. The summed E-state index contributed by atoms with van der Waals surface area (Å²) in [7, 11) is -0.0800. The van der Waals surface area contributed by atoms with Crippen molar-refractivity contribution < 1.29 is 17.9 Å². The Morgan fingerprint density at radius 3 is 2.48 bits per heavy atom. The molecule has 7 heteroatoms. The molecule has 1 aromatic carbocycles. The average Bonchev–Trinajstić information content (AvgIpc) is 2.50. The quantitative estimate of drug-likeness (QED) is 0.630. The van der Waals surface area contributed by atoms with Crippen molar-refractivity contribution >= 4 is 10.0 Å². The summed E-state index contributed by atoms with van der Waals surface area (Å²) in [5.41, 5.74) is 0. The van der Waals surface area contributed by atoms with Crippen LogP contribution in [0.3, 0.4) is 0 Å². The van der Waals surface area contributed by atoms with Crippen LogP contribution in [0.5, 0.6) is 5.75 Å². The van der Waals surface area contributed by atoms with E-state index in [1.54, 1.807) is 26.2 Å². The fourth-order valence-electron chi connectivity index (χ4n) is 1.55. The molecule has 1 rings (SSSR count). The van der Waals surface area contributed by atoms with Gasteiger partial charge >= 0.3 is 0 Å². The molecule has 120 valence electrons. The first-order chi connectivity index (χ1) is 9.99. The molecule has 0 saturated carbocycles. The summed E-state index contributed by atoms with van der Waals surface area (Å²) < 4.78 is 37.1. The van der Waals surface area contributed by atoms with E-state index in [-0.39, 0.29) is 17.5 Å². The molecule has 0 radical (unpaired) electrons. The Bertz CT molecular complexity index is 502. The van der Waals surface area contributed by atoms with Crippen molar-refractivity contribution in [3.63, 3.8) is 0 Å². The molecule has 0 fully saturated rings. The Hall–Kier alpha value is -1.15. The minimum atomic E-state index is -3.51. The predicted octanol–water partition coefficient (Wildman–Crippen LogP) is 0.988. The molecule has 0 aliphatic heterocycles. The highest BCUT2D eigenvalue weighted by molar-refractivity contribution is 7.89. The number of hydrogen-bond acceptors (Lipinski definition) is 5. The van der Waals surface area contributed by atoms with Crippen LogP contribution in [0.25, 0.3) is 0 Å². The van der Waals surface area contributed by atoms with Gasteiger partial charge in [-0.15, -0.1) is 0 Å². The van der Waals surface area contributed by atoms with Gasteiger partial charge < -0.3 is 14.8 Å². The molecular weight excluding hydrogens is 292 g/mol. The third-order valence-electron chi connectivity index (χ3n) is 2.94. The van der Waals surface area contributed by atoms with E-state index >= 15 is 0 Å². The standard InChI is InChI=1S/C14H24N2O4S/c1-12(19-3)11-16-21(17,18)14-7-5-13(6-8-14)20-10-4-9-15-2/h5-8,12,15-16H,4,9-11H2,1-3H3. The number of methoxy groups -OCH3 is 1. The third kappa shape index (κ3) is 6.43. The van der Waals surface area contributed by atoms with Gasteiger partial charge in [0.15, 0.2) is 0 Å². The maximum atomic E-state index is 12.0. The second-order valence-electron chi connectivity index (χ2n) is 4.68. The number of nitrogens with one attached hydrogen (secondary N) is 2. The van der Waals surface area contributed by atoms with Crippen LogP contribution in [0.4, 0.5) is 0 Å². The smallest absolute Gasteiger partial charge is 0.240 e. The Morgan fingerprint density at radius 1 is 1.24 bits per heavy atom. The molecule has 0 spiro atoms. The molecule has 0 heterocycles. The predicted molar refractivity (Wildman–Crippen MR) is 82.1 cm³/mol. The summed E-state index contributed by atoms with van der Waals surface area (Å²) in [4.78, 5) is 0.216. The van der Waals surface area contributed by atoms with Gasteiger partial charge in [0.1, 0.15) is 5.75 Å². The highest BCUT2D eigenvalue weighted by atomic mass is 32.2. The highest BCUT2D eigenvalue weighted by Crippen LogP contribution is 2.16. The monoisotopic (exact) mass is 316 g/mol. The molecule has 0 saturated heterocycles. The van der Waals surface area contributed by atoms with Crippen LogP contribution in [-0.4, -0.2) is 48.4 Å². The molecule has 1 atom stereocenters. The second kappa shape index (κ2) is 8.99. The molecular formula is C14H24N2O4S. The molecule has 6 nitrogen and oxygen atoms in total. The maximum absolute atomic E-state index is 12.0. The van der Waals surface area contributed by atoms with Gasteiger partial charge in [-0.3, -0.25) is 0 Å². The first-order valence-corrected chi connectivity index (χ1v) is 8.38. The summed E-state index contributed by atoms with van der Waals surface area (Å²) in [5.74, 6) is 0.662. The van der Waals surface area contributed by atoms with Crippen molar-refractivity contribution in [2.24, 2.45) is 0 Å². The van der Waals surface area contributed by atoms with E-state index in [0.29, 0.717) is 12.4 Å². The van der Waals surface area contributed by atoms with Crippen LogP contribution in [0.2, 0.25) is 0 Å². The molecule has 1 aromatic rings. The Kier molecular flexibility index (Phi) is 7.66. The van der Waals surface area contributed by atoms with E-state index in [2.05, 4.69) is 10.0 Å². The van der Waals surface area contributed by atoms with E-state index in [9.17, 15) is 8.42 Å². The van der Waals surface area contributed by atoms with Crippen molar-refractivity contribution in [3.8, 4) is 5.75 Å². The summed E-state index contributed by atoms with van der Waals surface area (Å²) >= 11 is 0. The minimum absolute atomic E-state index is 0.172. The van der Waals surface area contributed by atoms with Gasteiger partial charge in [0.25, 0.3) is 0 Å². The fourth-order valence-corrected chi connectivity index (χ4v) is 2.66. The Morgan fingerprint density at radius 2 is 1.90 bits per heavy atom. The number of sulfonamides is 1. The lowest BCUT2D eigenvalue weighted by molar-refractivity contribution is 0.122. The lowest BCUT2D eigenvalue weighted by atomic mass is 10.3. The fraction of sp³-hybridized carbons (Fsp3) is 0.571. The van der Waals surface area contributed by atoms with Crippen LogP contribution >= 0.6 is 0 Å². The number of benzene rings is 1. The Balaban J connectivity index is 2.56. The SMILES string of the molecule is CNCCCOc1ccc(S(=O)(=O)NCC(C)OC)cc1. The molecule has 0 aromatic heterocycles. The first-order valence-electron chi connectivity index (χ1n) is 6.89. The molecule has 0 aliphatic rings. The van der Waals surface area contributed by atoms with Crippen molar-refractivity contribution in [2.75, 3.05) is 33.9 Å². The zero-order chi connectivity index (χ0) is 15.7. The normalized spacial score (nSPS) is 13.1. The van der Waals surface area contributed by atoms with E-state index < -0.39 is 10.0 Å². The minimum Gasteiger partial charge on any atom is -0.494 e. The van der Waals surface area contributed by atoms with E-state index in [1.165, 1.54) is 12.1 Å². The summed E-state index contributed by atoms with van der Waals surface area (Å²) in [6, 6.07) is 6.39. The van der Waals surface area contributed by atoms with Gasteiger partial charge in [-0.2, -0.15) is 0 Å². The van der Waals surface area contributed by atoms with Gasteiger partial charge in [0.2, 0.25) is 10.0 Å². The largest absolute Gasteiger partial charge is 0.494 e. The van der Waals surface area contributed by atoms with Crippen LogP contribution in [0.15, 0.2) is 29.2 Å². The van der Waals surface area contributed by atoms with Crippen LogP contribution in [-0.2, 0) is 14.8 Å². The number of ether oxygens (including phenoxy) is 2. The summed E-state index contributed by atoms with van der Waals surface area (Å²) in [6.45, 7) is 3.51. The van der Waals surface area contributed by atoms with Crippen LogP contribution < -0.4 is 14.8 Å². The Labute approximate surface area is 126 Å². The highest BCUT2D eigenvalue weighted by Gasteiger charge is 2.14. The van der Waals surface area contributed by atoms with E-state index in [4.69, 9.17) is 9.47 Å². The van der Waals surface area contributed by atoms with Crippen molar-refractivity contribution in [1.29, 1.82) is 0 Å². The molecule has 0 bridgehead atoms. The molecule has 0 aliphatic carbocycles.